The van der Waals surface area contributed by atoms with Gasteiger partial charge in [0.15, 0.2) is 0 Å². The Morgan fingerprint density at radius 3 is 2.21 bits per heavy atom. The highest BCUT2D eigenvalue weighted by Gasteiger charge is 2.01. The molecule has 0 unspecified atom stereocenters. The molecule has 74 valence electrons. The molecule has 1 heterocycles. The molecule has 0 amide bonds. The van der Waals surface area contributed by atoms with E-state index in [9.17, 15) is 4.39 Å². The second-order valence-corrected chi connectivity index (χ2v) is 2.74. The third-order valence-corrected chi connectivity index (χ3v) is 1.95. The quantitative estimate of drug-likeness (QED) is 0.618. The van der Waals surface area contributed by atoms with Crippen LogP contribution >= 0.6 is 0 Å². The molecule has 1 aromatic carbocycles. The van der Waals surface area contributed by atoms with Crippen molar-refractivity contribution in [2.45, 2.75) is 20.8 Å². The van der Waals surface area contributed by atoms with Gasteiger partial charge in [-0.1, -0.05) is 38.1 Å². The fraction of sp³-hybridized carbons (Fsp3) is 0.250. The van der Waals surface area contributed by atoms with Crippen molar-refractivity contribution in [1.82, 2.24) is 4.98 Å². The number of hydrogen-bond acceptors (Lipinski definition) is 1. The molecule has 14 heavy (non-hydrogen) atoms. The Kier molecular flexibility index (Phi) is 3.57. The molecule has 1 nitrogen and oxygen atoms in total. The summed E-state index contributed by atoms with van der Waals surface area (Å²) in [6, 6.07) is 7.35. The number of halogens is 1. The maximum atomic E-state index is 13.1. The summed E-state index contributed by atoms with van der Waals surface area (Å²) in [7, 11) is 0. The Bertz CT molecular complexity index is 383. The Morgan fingerprint density at radius 1 is 1.07 bits per heavy atom. The van der Waals surface area contributed by atoms with E-state index in [0.717, 1.165) is 11.1 Å². The zero-order valence-electron chi connectivity index (χ0n) is 8.71. The highest BCUT2D eigenvalue weighted by atomic mass is 19.1. The maximum absolute atomic E-state index is 13.1. The monoisotopic (exact) mass is 191 g/mol. The van der Waals surface area contributed by atoms with Crippen LogP contribution < -0.4 is 0 Å². The summed E-state index contributed by atoms with van der Waals surface area (Å²) in [4.78, 5) is 3.93. The molecule has 0 spiro atoms. The van der Waals surface area contributed by atoms with E-state index >= 15 is 0 Å². The molecule has 2 rings (SSSR count). The minimum Gasteiger partial charge on any atom is -0.258 e. The Balaban J connectivity index is 0.000000461. The van der Waals surface area contributed by atoms with Gasteiger partial charge in [0, 0.05) is 16.5 Å². The van der Waals surface area contributed by atoms with Gasteiger partial charge in [-0.05, 0) is 6.92 Å². The molecule has 0 radical (unpaired) electrons. The molecule has 0 N–H and O–H groups in total. The molecule has 0 aliphatic heterocycles. The Morgan fingerprint density at radius 2 is 1.64 bits per heavy atom. The molecule has 0 aliphatic rings. The van der Waals surface area contributed by atoms with Crippen LogP contribution in [0.2, 0.25) is 0 Å². The largest absolute Gasteiger partial charge is 0.258 e. The predicted octanol–water partition coefficient (Wildman–Crippen LogP) is 3.71. The first-order valence-electron chi connectivity index (χ1n) is 4.79. The van der Waals surface area contributed by atoms with Gasteiger partial charge in [0.1, 0.15) is 5.82 Å². The Hall–Kier alpha value is -1.44. The first-order chi connectivity index (χ1) is 6.79. The van der Waals surface area contributed by atoms with Crippen LogP contribution in [0.1, 0.15) is 19.5 Å². The van der Waals surface area contributed by atoms with Gasteiger partial charge in [-0.15, -0.1) is 0 Å². The van der Waals surface area contributed by atoms with Gasteiger partial charge in [-0.25, -0.2) is 4.39 Å². The molecule has 0 aliphatic carbocycles. The van der Waals surface area contributed by atoms with Crippen LogP contribution in [0, 0.1) is 12.7 Å². The van der Waals surface area contributed by atoms with Crippen LogP contribution in [0.25, 0.3) is 10.8 Å². The van der Waals surface area contributed by atoms with Crippen LogP contribution in [0.3, 0.4) is 0 Å². The summed E-state index contributed by atoms with van der Waals surface area (Å²) in [5.41, 5.74) is 0.868. The van der Waals surface area contributed by atoms with Crippen LogP contribution in [-0.2, 0) is 0 Å². The third-order valence-electron chi connectivity index (χ3n) is 1.95. The van der Waals surface area contributed by atoms with E-state index in [0.29, 0.717) is 5.39 Å². The third kappa shape index (κ3) is 1.90. The van der Waals surface area contributed by atoms with E-state index in [1.807, 2.05) is 39.0 Å². The normalized spacial score (nSPS) is 9.43. The predicted molar refractivity (Wildman–Crippen MR) is 57.8 cm³/mol. The van der Waals surface area contributed by atoms with E-state index in [1.54, 1.807) is 6.07 Å². The van der Waals surface area contributed by atoms with Gasteiger partial charge < -0.3 is 0 Å². The minimum absolute atomic E-state index is 0.254. The molecule has 2 heteroatoms. The van der Waals surface area contributed by atoms with Crippen molar-refractivity contribution < 1.29 is 4.39 Å². The highest BCUT2D eigenvalue weighted by molar-refractivity contribution is 5.84. The van der Waals surface area contributed by atoms with Crippen LogP contribution in [0.15, 0.2) is 30.5 Å². The van der Waals surface area contributed by atoms with Gasteiger partial charge in [0.2, 0.25) is 0 Å². The summed E-state index contributed by atoms with van der Waals surface area (Å²) in [6.45, 7) is 5.88. The topological polar surface area (TPSA) is 12.9 Å². The minimum atomic E-state index is -0.254. The number of fused-ring (bicyclic) bond motifs is 1. The number of benzene rings is 1. The number of pyridine rings is 1. The van der Waals surface area contributed by atoms with E-state index in [1.165, 1.54) is 6.20 Å². The van der Waals surface area contributed by atoms with Crippen molar-refractivity contribution in [3.63, 3.8) is 0 Å². The van der Waals surface area contributed by atoms with Crippen molar-refractivity contribution >= 4 is 10.8 Å². The van der Waals surface area contributed by atoms with Gasteiger partial charge in [0.05, 0.1) is 6.20 Å². The number of aromatic nitrogens is 1. The molecule has 0 saturated heterocycles. The first kappa shape index (κ1) is 10.6. The fourth-order valence-electron chi connectivity index (χ4n) is 1.30. The molecular formula is C12H14FN. The lowest BCUT2D eigenvalue weighted by Gasteiger charge is -2.00. The highest BCUT2D eigenvalue weighted by Crippen LogP contribution is 2.18. The zero-order chi connectivity index (χ0) is 10.6. The van der Waals surface area contributed by atoms with Crippen molar-refractivity contribution in [3.05, 3.63) is 42.0 Å². The van der Waals surface area contributed by atoms with Crippen molar-refractivity contribution in [2.24, 2.45) is 0 Å². The van der Waals surface area contributed by atoms with Crippen molar-refractivity contribution in [2.75, 3.05) is 0 Å². The van der Waals surface area contributed by atoms with Gasteiger partial charge in [-0.2, -0.15) is 0 Å². The van der Waals surface area contributed by atoms with Crippen LogP contribution in [-0.4, -0.2) is 4.98 Å². The SMILES string of the molecule is CC.Cc1ncc(F)c2ccccc12. The second kappa shape index (κ2) is 4.70. The van der Waals surface area contributed by atoms with E-state index in [-0.39, 0.29) is 5.82 Å². The summed E-state index contributed by atoms with van der Waals surface area (Å²) in [5.74, 6) is -0.254. The summed E-state index contributed by atoms with van der Waals surface area (Å²) in [5, 5.41) is 1.53. The summed E-state index contributed by atoms with van der Waals surface area (Å²) in [6.07, 6.45) is 1.26. The lowest BCUT2D eigenvalue weighted by molar-refractivity contribution is 0.633. The smallest absolute Gasteiger partial charge is 0.149 e. The van der Waals surface area contributed by atoms with E-state index in [2.05, 4.69) is 4.98 Å². The summed E-state index contributed by atoms with van der Waals surface area (Å²) >= 11 is 0. The molecule has 0 bridgehead atoms. The van der Waals surface area contributed by atoms with Gasteiger partial charge in [0.25, 0.3) is 0 Å². The standard InChI is InChI=1S/C10H8FN.C2H6/c1-7-8-4-2-3-5-9(8)10(11)6-12-7;1-2/h2-6H,1H3;1-2H3. The summed E-state index contributed by atoms with van der Waals surface area (Å²) < 4.78 is 13.1. The molecule has 0 saturated carbocycles. The maximum Gasteiger partial charge on any atom is 0.149 e. The zero-order valence-corrected chi connectivity index (χ0v) is 8.71. The molecular weight excluding hydrogens is 177 g/mol. The average molecular weight is 191 g/mol. The molecule has 1 aromatic heterocycles. The van der Waals surface area contributed by atoms with Gasteiger partial charge in [-0.3, -0.25) is 4.98 Å². The van der Waals surface area contributed by atoms with E-state index in [4.69, 9.17) is 0 Å². The van der Waals surface area contributed by atoms with Crippen molar-refractivity contribution in [1.29, 1.82) is 0 Å². The average Bonchev–Trinajstić information content (AvgIpc) is 2.27. The first-order valence-corrected chi connectivity index (χ1v) is 4.79. The van der Waals surface area contributed by atoms with Crippen LogP contribution in [0.5, 0.6) is 0 Å². The number of rotatable bonds is 0. The lowest BCUT2D eigenvalue weighted by Crippen LogP contribution is -1.86. The lowest BCUT2D eigenvalue weighted by atomic mass is 10.1. The van der Waals surface area contributed by atoms with E-state index < -0.39 is 0 Å². The molecule has 2 aromatic rings. The number of nitrogens with zero attached hydrogens (tertiary/aromatic N) is 1. The van der Waals surface area contributed by atoms with Crippen LogP contribution in [0.4, 0.5) is 4.39 Å². The number of hydrogen-bond donors (Lipinski definition) is 0. The molecule has 0 fully saturated rings. The number of aryl methyl sites for hydroxylation is 1. The second-order valence-electron chi connectivity index (χ2n) is 2.74. The van der Waals surface area contributed by atoms with Gasteiger partial charge >= 0.3 is 0 Å². The fourth-order valence-corrected chi connectivity index (χ4v) is 1.30. The Labute approximate surface area is 83.6 Å². The molecule has 0 atom stereocenters. The van der Waals surface area contributed by atoms with Crippen molar-refractivity contribution in [3.8, 4) is 0 Å².